The minimum absolute atomic E-state index is 0.641. The highest BCUT2D eigenvalue weighted by Crippen LogP contribution is 2.28. The molecule has 0 aliphatic rings. The van der Waals surface area contributed by atoms with Crippen LogP contribution in [0.25, 0.3) is 0 Å². The molecule has 0 N–H and O–H groups in total. The van der Waals surface area contributed by atoms with Gasteiger partial charge >= 0.3 is 0 Å². The Morgan fingerprint density at radius 1 is 1.50 bits per heavy atom. The lowest BCUT2D eigenvalue weighted by Crippen LogP contribution is -1.92. The molecule has 82 valence electrons. The van der Waals surface area contributed by atoms with Crippen molar-refractivity contribution in [2.24, 2.45) is 7.05 Å². The Hall–Kier alpha value is -1.14. The second-order valence-electron chi connectivity index (χ2n) is 3.07. The van der Waals surface area contributed by atoms with Gasteiger partial charge in [-0.1, -0.05) is 27.7 Å². The number of halogens is 1. The summed E-state index contributed by atoms with van der Waals surface area (Å²) in [7, 11) is 1.84. The second-order valence-corrected chi connectivity index (χ2v) is 4.96. The van der Waals surface area contributed by atoms with E-state index in [1.165, 1.54) is 18.1 Å². The number of hydrogen-bond acceptors (Lipinski definition) is 4. The van der Waals surface area contributed by atoms with E-state index in [1.54, 1.807) is 10.7 Å². The van der Waals surface area contributed by atoms with Crippen LogP contribution in [-0.2, 0) is 7.05 Å². The minimum atomic E-state index is 0.641. The molecule has 2 aromatic rings. The molecule has 0 unspecified atom stereocenters. The van der Waals surface area contributed by atoms with Gasteiger partial charge in [-0.05, 0) is 18.2 Å². The van der Waals surface area contributed by atoms with Crippen LogP contribution in [0.4, 0.5) is 0 Å². The lowest BCUT2D eigenvalue weighted by Gasteiger charge is -2.02. The fraction of sp³-hybridized carbons (Fsp3) is 0.100. The highest BCUT2D eigenvalue weighted by molar-refractivity contribution is 9.10. The third kappa shape index (κ3) is 2.33. The van der Waals surface area contributed by atoms with E-state index < -0.39 is 0 Å². The first-order valence-electron chi connectivity index (χ1n) is 4.47. The summed E-state index contributed by atoms with van der Waals surface area (Å²) >= 11 is 4.84. The van der Waals surface area contributed by atoms with Crippen molar-refractivity contribution in [1.29, 1.82) is 0 Å². The normalized spacial score (nSPS) is 10.4. The first kappa shape index (κ1) is 11.3. The summed E-state index contributed by atoms with van der Waals surface area (Å²) in [6, 6.07) is 5.55. The highest BCUT2D eigenvalue weighted by Gasteiger charge is 2.05. The first-order chi connectivity index (χ1) is 7.70. The number of aromatic nitrogens is 3. The van der Waals surface area contributed by atoms with Crippen LogP contribution in [0.15, 0.2) is 39.1 Å². The highest BCUT2D eigenvalue weighted by atomic mass is 79.9. The standard InChI is InChI=1S/C10H8BrN3OS/c1-14-10(12-6-13-14)16-8-3-2-7(5-15)9(11)4-8/h2-6H,1H3. The largest absolute Gasteiger partial charge is 0.298 e. The predicted molar refractivity (Wildman–Crippen MR) is 64.7 cm³/mol. The van der Waals surface area contributed by atoms with Crippen LogP contribution in [-0.4, -0.2) is 21.1 Å². The SMILES string of the molecule is Cn1ncnc1Sc1ccc(C=O)c(Br)c1. The third-order valence-electron chi connectivity index (χ3n) is 1.98. The molecule has 0 saturated heterocycles. The number of carbonyl (C=O) groups excluding carboxylic acids is 1. The summed E-state index contributed by atoms with van der Waals surface area (Å²) in [4.78, 5) is 15.8. The van der Waals surface area contributed by atoms with Gasteiger partial charge in [0.2, 0.25) is 0 Å². The summed E-state index contributed by atoms with van der Waals surface area (Å²) in [6.45, 7) is 0. The number of carbonyl (C=O) groups is 1. The van der Waals surface area contributed by atoms with Crippen molar-refractivity contribution in [3.05, 3.63) is 34.6 Å². The fourth-order valence-electron chi connectivity index (χ4n) is 1.15. The van der Waals surface area contributed by atoms with E-state index in [9.17, 15) is 4.79 Å². The average molecular weight is 298 g/mol. The number of nitrogens with zero attached hydrogens (tertiary/aromatic N) is 3. The van der Waals surface area contributed by atoms with Gasteiger partial charge in [0.05, 0.1) is 0 Å². The van der Waals surface area contributed by atoms with Crippen molar-refractivity contribution >= 4 is 34.0 Å². The van der Waals surface area contributed by atoms with E-state index in [4.69, 9.17) is 0 Å². The Labute approximate surface area is 105 Å². The number of aryl methyl sites for hydroxylation is 1. The third-order valence-corrected chi connectivity index (χ3v) is 3.71. The molecule has 0 amide bonds. The van der Waals surface area contributed by atoms with E-state index in [0.717, 1.165) is 20.8 Å². The molecule has 16 heavy (non-hydrogen) atoms. The lowest BCUT2D eigenvalue weighted by atomic mass is 10.2. The van der Waals surface area contributed by atoms with E-state index in [2.05, 4.69) is 26.0 Å². The van der Waals surface area contributed by atoms with Gasteiger partial charge in [0.25, 0.3) is 0 Å². The molecule has 1 heterocycles. The number of benzene rings is 1. The topological polar surface area (TPSA) is 47.8 Å². The molecule has 0 aliphatic carbocycles. The van der Waals surface area contributed by atoms with E-state index >= 15 is 0 Å². The molecule has 1 aromatic carbocycles. The van der Waals surface area contributed by atoms with Gasteiger partial charge in [-0.15, -0.1) is 0 Å². The molecule has 0 aliphatic heterocycles. The molecule has 6 heteroatoms. The van der Waals surface area contributed by atoms with Crippen LogP contribution in [0.2, 0.25) is 0 Å². The van der Waals surface area contributed by atoms with E-state index in [1.807, 2.05) is 19.2 Å². The maximum absolute atomic E-state index is 10.6. The Kier molecular flexibility index (Phi) is 3.40. The maximum Gasteiger partial charge on any atom is 0.190 e. The minimum Gasteiger partial charge on any atom is -0.298 e. The fourth-order valence-corrected chi connectivity index (χ4v) is 2.58. The predicted octanol–water partition coefficient (Wildman–Crippen LogP) is 2.54. The molecular formula is C10H8BrN3OS. The zero-order chi connectivity index (χ0) is 11.5. The average Bonchev–Trinajstić information content (AvgIpc) is 2.65. The molecule has 0 radical (unpaired) electrons. The van der Waals surface area contributed by atoms with Crippen molar-refractivity contribution in [2.45, 2.75) is 10.1 Å². The second kappa shape index (κ2) is 4.80. The molecule has 0 spiro atoms. The molecule has 1 aromatic heterocycles. The van der Waals surface area contributed by atoms with Gasteiger partial charge in [0.15, 0.2) is 11.4 Å². The summed E-state index contributed by atoms with van der Waals surface area (Å²) in [5.74, 6) is 0. The summed E-state index contributed by atoms with van der Waals surface area (Å²) in [5.41, 5.74) is 0.641. The van der Waals surface area contributed by atoms with Crippen molar-refractivity contribution in [2.75, 3.05) is 0 Å². The summed E-state index contributed by atoms with van der Waals surface area (Å²) in [6.07, 6.45) is 2.33. The quantitative estimate of drug-likeness (QED) is 0.817. The Morgan fingerprint density at radius 2 is 2.31 bits per heavy atom. The summed E-state index contributed by atoms with van der Waals surface area (Å²) in [5, 5.41) is 4.80. The first-order valence-corrected chi connectivity index (χ1v) is 6.08. The lowest BCUT2D eigenvalue weighted by molar-refractivity contribution is 0.112. The van der Waals surface area contributed by atoms with Crippen molar-refractivity contribution in [1.82, 2.24) is 14.8 Å². The van der Waals surface area contributed by atoms with Crippen LogP contribution < -0.4 is 0 Å². The van der Waals surface area contributed by atoms with Gasteiger partial charge in [0.1, 0.15) is 6.33 Å². The van der Waals surface area contributed by atoms with Crippen molar-refractivity contribution in [3.8, 4) is 0 Å². The Bertz CT molecular complexity index is 527. The zero-order valence-corrected chi connectivity index (χ0v) is 10.8. The number of hydrogen-bond donors (Lipinski definition) is 0. The van der Waals surface area contributed by atoms with Crippen LogP contribution in [0.1, 0.15) is 10.4 Å². The van der Waals surface area contributed by atoms with Gasteiger partial charge in [-0.3, -0.25) is 4.79 Å². The number of rotatable bonds is 3. The molecule has 0 bridgehead atoms. The Balaban J connectivity index is 2.26. The molecule has 0 atom stereocenters. The molecular weight excluding hydrogens is 290 g/mol. The maximum atomic E-state index is 10.6. The van der Waals surface area contributed by atoms with Crippen LogP contribution in [0, 0.1) is 0 Å². The molecule has 0 saturated carbocycles. The molecule has 0 fully saturated rings. The van der Waals surface area contributed by atoms with Gasteiger partial charge in [-0.25, -0.2) is 9.67 Å². The summed E-state index contributed by atoms with van der Waals surface area (Å²) < 4.78 is 2.49. The van der Waals surface area contributed by atoms with Crippen LogP contribution in [0.5, 0.6) is 0 Å². The van der Waals surface area contributed by atoms with Crippen LogP contribution in [0.3, 0.4) is 0 Å². The van der Waals surface area contributed by atoms with Crippen molar-refractivity contribution in [3.63, 3.8) is 0 Å². The molecule has 2 rings (SSSR count). The monoisotopic (exact) mass is 297 g/mol. The smallest absolute Gasteiger partial charge is 0.190 e. The zero-order valence-electron chi connectivity index (χ0n) is 8.42. The number of aldehydes is 1. The van der Waals surface area contributed by atoms with Gasteiger partial charge in [0, 0.05) is 22.0 Å². The van der Waals surface area contributed by atoms with Crippen molar-refractivity contribution < 1.29 is 4.79 Å². The molecule has 4 nitrogen and oxygen atoms in total. The van der Waals surface area contributed by atoms with E-state index in [-0.39, 0.29) is 0 Å². The van der Waals surface area contributed by atoms with Gasteiger partial charge < -0.3 is 0 Å². The van der Waals surface area contributed by atoms with E-state index in [0.29, 0.717) is 5.56 Å². The van der Waals surface area contributed by atoms with Crippen LogP contribution >= 0.6 is 27.7 Å². The Morgan fingerprint density at radius 3 is 2.88 bits per heavy atom. The van der Waals surface area contributed by atoms with Gasteiger partial charge in [-0.2, -0.15) is 5.10 Å².